The Labute approximate surface area is 185 Å². The van der Waals surface area contributed by atoms with Crippen LogP contribution in [0.25, 0.3) is 0 Å². The predicted octanol–water partition coefficient (Wildman–Crippen LogP) is 5.21. The molecule has 0 aliphatic rings. The summed E-state index contributed by atoms with van der Waals surface area (Å²) in [4.78, 5) is 52.8. The van der Waals surface area contributed by atoms with E-state index in [1.54, 1.807) is 78.9 Å². The molecule has 0 amide bonds. The maximum atomic E-state index is 13.5. The number of rotatable bonds is 7. The van der Waals surface area contributed by atoms with Gasteiger partial charge in [0.1, 0.15) is 0 Å². The molecule has 0 aliphatic carbocycles. The van der Waals surface area contributed by atoms with E-state index >= 15 is 0 Å². The van der Waals surface area contributed by atoms with E-state index in [0.29, 0.717) is 11.1 Å². The van der Waals surface area contributed by atoms with Crippen molar-refractivity contribution in [2.24, 2.45) is 0 Å². The molecular formula is C28H18O4. The van der Waals surface area contributed by atoms with Crippen LogP contribution in [0.4, 0.5) is 0 Å². The van der Waals surface area contributed by atoms with Gasteiger partial charge < -0.3 is 0 Å². The molecule has 0 saturated heterocycles. The summed E-state index contributed by atoms with van der Waals surface area (Å²) in [6.07, 6.45) is 0. The maximum Gasteiger partial charge on any atom is 0.234 e. The van der Waals surface area contributed by atoms with Gasteiger partial charge in [0.25, 0.3) is 0 Å². The van der Waals surface area contributed by atoms with Gasteiger partial charge in [0.15, 0.2) is 11.6 Å². The van der Waals surface area contributed by atoms with E-state index in [4.69, 9.17) is 0 Å². The van der Waals surface area contributed by atoms with Gasteiger partial charge in [-0.2, -0.15) is 0 Å². The first kappa shape index (κ1) is 20.8. The lowest BCUT2D eigenvalue weighted by molar-refractivity contribution is 0.0815. The predicted molar refractivity (Wildman–Crippen MR) is 121 cm³/mol. The lowest BCUT2D eigenvalue weighted by Gasteiger charge is -2.13. The zero-order valence-electron chi connectivity index (χ0n) is 17.0. The standard InChI is InChI=1S/C28H18O4/c29-25(19-11-4-1-5-12-19)22-17-10-18-23(24(22)26(30)20-13-6-2-7-14-20)28(32)27(31)21-15-8-3-9-16-21/h1-18H. The van der Waals surface area contributed by atoms with Gasteiger partial charge >= 0.3 is 0 Å². The molecule has 0 fully saturated rings. The van der Waals surface area contributed by atoms with E-state index in [1.807, 2.05) is 0 Å². The molecule has 0 heterocycles. The number of benzene rings is 4. The topological polar surface area (TPSA) is 68.3 Å². The highest BCUT2D eigenvalue weighted by molar-refractivity contribution is 6.50. The van der Waals surface area contributed by atoms with Crippen molar-refractivity contribution in [1.29, 1.82) is 0 Å². The van der Waals surface area contributed by atoms with Crippen LogP contribution in [0.5, 0.6) is 0 Å². The molecule has 0 aliphatic heterocycles. The SMILES string of the molecule is O=C(C(=O)c1cccc(C(=O)c2ccccc2)c1C(=O)c1ccccc1)c1ccccc1. The molecule has 0 N–H and O–H groups in total. The Kier molecular flexibility index (Phi) is 5.95. The zero-order valence-corrected chi connectivity index (χ0v) is 17.0. The molecule has 0 aromatic heterocycles. The Hall–Kier alpha value is -4.44. The van der Waals surface area contributed by atoms with Crippen molar-refractivity contribution in [1.82, 2.24) is 0 Å². The molecule has 4 aromatic rings. The van der Waals surface area contributed by atoms with Crippen LogP contribution in [0.15, 0.2) is 109 Å². The molecule has 4 heteroatoms. The molecule has 154 valence electrons. The minimum Gasteiger partial charge on any atom is -0.289 e. The van der Waals surface area contributed by atoms with Crippen LogP contribution in [0, 0.1) is 0 Å². The van der Waals surface area contributed by atoms with Crippen molar-refractivity contribution in [3.05, 3.63) is 143 Å². The summed E-state index contributed by atoms with van der Waals surface area (Å²) in [6, 6.07) is 29.5. The van der Waals surface area contributed by atoms with E-state index in [-0.39, 0.29) is 22.3 Å². The van der Waals surface area contributed by atoms with E-state index in [0.717, 1.165) is 0 Å². The molecule has 0 radical (unpaired) electrons. The van der Waals surface area contributed by atoms with Gasteiger partial charge in [-0.05, 0) is 0 Å². The van der Waals surface area contributed by atoms with Gasteiger partial charge in [0, 0.05) is 33.4 Å². The summed E-state index contributed by atoms with van der Waals surface area (Å²) in [6.45, 7) is 0. The van der Waals surface area contributed by atoms with Crippen molar-refractivity contribution in [2.45, 2.75) is 0 Å². The minimum absolute atomic E-state index is 0.0677. The van der Waals surface area contributed by atoms with E-state index in [1.165, 1.54) is 30.3 Å². The summed E-state index contributed by atoms with van der Waals surface area (Å²) in [7, 11) is 0. The largest absolute Gasteiger partial charge is 0.289 e. The Morgan fingerprint density at radius 3 is 1.34 bits per heavy atom. The van der Waals surface area contributed by atoms with Gasteiger partial charge in [0.05, 0.1) is 0 Å². The van der Waals surface area contributed by atoms with E-state index in [2.05, 4.69) is 0 Å². The van der Waals surface area contributed by atoms with Crippen molar-refractivity contribution in [2.75, 3.05) is 0 Å². The lowest BCUT2D eigenvalue weighted by atomic mass is 9.87. The molecular weight excluding hydrogens is 400 g/mol. The Bertz CT molecular complexity index is 1310. The van der Waals surface area contributed by atoms with Crippen LogP contribution in [-0.4, -0.2) is 23.1 Å². The third kappa shape index (κ3) is 4.07. The van der Waals surface area contributed by atoms with Gasteiger partial charge in [0.2, 0.25) is 11.6 Å². The molecule has 0 saturated carbocycles. The van der Waals surface area contributed by atoms with E-state index < -0.39 is 23.1 Å². The van der Waals surface area contributed by atoms with Crippen LogP contribution in [0.2, 0.25) is 0 Å². The molecule has 4 nitrogen and oxygen atoms in total. The normalized spacial score (nSPS) is 10.4. The first-order valence-corrected chi connectivity index (χ1v) is 10.0. The molecule has 0 atom stereocenters. The lowest BCUT2D eigenvalue weighted by Crippen LogP contribution is -2.21. The summed E-state index contributed by atoms with van der Waals surface area (Å²) in [5.41, 5.74) is 0.846. The van der Waals surface area contributed by atoms with Gasteiger partial charge in [-0.15, -0.1) is 0 Å². The quantitative estimate of drug-likeness (QED) is 0.305. The fraction of sp³-hybridized carbons (Fsp3) is 0. The van der Waals surface area contributed by atoms with E-state index in [9.17, 15) is 19.2 Å². The van der Waals surface area contributed by atoms with Crippen LogP contribution in [0.1, 0.15) is 52.6 Å². The summed E-state index contributed by atoms with van der Waals surface area (Å²) >= 11 is 0. The second-order valence-corrected chi connectivity index (χ2v) is 7.14. The van der Waals surface area contributed by atoms with Gasteiger partial charge in [-0.3, -0.25) is 19.2 Å². The number of ketones is 4. The van der Waals surface area contributed by atoms with Crippen LogP contribution >= 0.6 is 0 Å². The highest BCUT2D eigenvalue weighted by Crippen LogP contribution is 2.24. The fourth-order valence-corrected chi connectivity index (χ4v) is 3.50. The zero-order chi connectivity index (χ0) is 22.5. The van der Waals surface area contributed by atoms with Crippen molar-refractivity contribution in [3.8, 4) is 0 Å². The molecule has 0 unspecified atom stereocenters. The average molecular weight is 418 g/mol. The molecule has 4 rings (SSSR count). The Morgan fingerprint density at radius 1 is 0.375 bits per heavy atom. The van der Waals surface area contributed by atoms with Gasteiger partial charge in [-0.25, -0.2) is 0 Å². The molecule has 0 bridgehead atoms. The molecule has 32 heavy (non-hydrogen) atoms. The Morgan fingerprint density at radius 2 is 0.812 bits per heavy atom. The van der Waals surface area contributed by atoms with Crippen LogP contribution < -0.4 is 0 Å². The number of carbonyl (C=O) groups excluding carboxylic acids is 4. The molecule has 4 aromatic carbocycles. The fourth-order valence-electron chi connectivity index (χ4n) is 3.50. The Balaban J connectivity index is 1.88. The van der Waals surface area contributed by atoms with Gasteiger partial charge in [-0.1, -0.05) is 109 Å². The van der Waals surface area contributed by atoms with Crippen molar-refractivity contribution in [3.63, 3.8) is 0 Å². The highest BCUT2D eigenvalue weighted by Gasteiger charge is 2.28. The first-order chi connectivity index (χ1) is 15.6. The third-order valence-corrected chi connectivity index (χ3v) is 5.09. The third-order valence-electron chi connectivity index (χ3n) is 5.09. The highest BCUT2D eigenvalue weighted by atomic mass is 16.2. The van der Waals surface area contributed by atoms with Crippen molar-refractivity contribution < 1.29 is 19.2 Å². The van der Waals surface area contributed by atoms with Crippen LogP contribution in [0.3, 0.4) is 0 Å². The minimum atomic E-state index is -0.835. The number of carbonyl (C=O) groups is 4. The second kappa shape index (κ2) is 9.14. The number of Topliss-reactive ketones (excluding diaryl/α,β-unsaturated/α-hetero) is 2. The summed E-state index contributed by atoms with van der Waals surface area (Å²) in [5.74, 6) is -2.46. The number of hydrogen-bond donors (Lipinski definition) is 0. The summed E-state index contributed by atoms with van der Waals surface area (Å²) < 4.78 is 0. The smallest absolute Gasteiger partial charge is 0.234 e. The van der Waals surface area contributed by atoms with Crippen LogP contribution in [-0.2, 0) is 0 Å². The average Bonchev–Trinajstić information content (AvgIpc) is 2.88. The monoisotopic (exact) mass is 418 g/mol. The molecule has 0 spiro atoms. The van der Waals surface area contributed by atoms with Crippen molar-refractivity contribution >= 4 is 23.1 Å². The summed E-state index contributed by atoms with van der Waals surface area (Å²) in [5, 5.41) is 0. The number of hydrogen-bond acceptors (Lipinski definition) is 4. The second-order valence-electron chi connectivity index (χ2n) is 7.14. The maximum absolute atomic E-state index is 13.5. The first-order valence-electron chi connectivity index (χ1n) is 10.0.